The van der Waals surface area contributed by atoms with Gasteiger partial charge in [0.25, 0.3) is 0 Å². The van der Waals surface area contributed by atoms with E-state index in [4.69, 9.17) is 22.1 Å². The first-order valence-corrected chi connectivity index (χ1v) is 5.43. The molecule has 0 saturated carbocycles. The molecule has 0 aromatic heterocycles. The van der Waals surface area contributed by atoms with Crippen molar-refractivity contribution < 1.29 is 4.74 Å². The summed E-state index contributed by atoms with van der Waals surface area (Å²) in [5, 5.41) is 0.702. The number of halogens is 1. The van der Waals surface area contributed by atoms with Gasteiger partial charge in [-0.15, -0.1) is 0 Å². The monoisotopic (exact) mass is 227 g/mol. The zero-order valence-electron chi connectivity index (χ0n) is 9.73. The molecule has 0 spiro atoms. The van der Waals surface area contributed by atoms with E-state index in [1.54, 1.807) is 7.11 Å². The minimum Gasteiger partial charge on any atom is -0.495 e. The first-order valence-electron chi connectivity index (χ1n) is 5.05. The zero-order valence-corrected chi connectivity index (χ0v) is 10.5. The van der Waals surface area contributed by atoms with Crippen molar-refractivity contribution in [3.8, 4) is 5.75 Å². The summed E-state index contributed by atoms with van der Waals surface area (Å²) in [4.78, 5) is 0. The van der Waals surface area contributed by atoms with E-state index in [0.717, 1.165) is 23.3 Å². The molecule has 15 heavy (non-hydrogen) atoms. The van der Waals surface area contributed by atoms with Crippen LogP contribution < -0.4 is 10.5 Å². The van der Waals surface area contributed by atoms with Crippen molar-refractivity contribution in [2.45, 2.75) is 33.2 Å². The average molecular weight is 228 g/mol. The molecule has 0 radical (unpaired) electrons. The smallest absolute Gasteiger partial charge is 0.140 e. The van der Waals surface area contributed by atoms with Gasteiger partial charge in [0.05, 0.1) is 12.1 Å². The van der Waals surface area contributed by atoms with E-state index >= 15 is 0 Å². The van der Waals surface area contributed by atoms with Crippen LogP contribution in [-0.4, -0.2) is 13.2 Å². The summed E-state index contributed by atoms with van der Waals surface area (Å²) < 4.78 is 5.25. The Morgan fingerprint density at radius 2 is 2.07 bits per heavy atom. The van der Waals surface area contributed by atoms with E-state index in [1.807, 2.05) is 20.8 Å². The minimum absolute atomic E-state index is 0.146. The molecule has 0 aliphatic carbocycles. The maximum absolute atomic E-state index is 6.22. The molecule has 0 heterocycles. The summed E-state index contributed by atoms with van der Waals surface area (Å²) in [5.74, 6) is 0.766. The molecule has 0 fully saturated rings. The number of nitrogens with two attached hydrogens (primary N) is 1. The van der Waals surface area contributed by atoms with Crippen LogP contribution in [0.2, 0.25) is 5.02 Å². The second-order valence-corrected chi connectivity index (χ2v) is 4.38. The topological polar surface area (TPSA) is 35.2 Å². The highest BCUT2D eigenvalue weighted by atomic mass is 35.5. The van der Waals surface area contributed by atoms with E-state index in [-0.39, 0.29) is 6.04 Å². The molecule has 2 nitrogen and oxygen atoms in total. The summed E-state index contributed by atoms with van der Waals surface area (Å²) in [6.07, 6.45) is 0.844. The summed E-state index contributed by atoms with van der Waals surface area (Å²) in [7, 11) is 1.64. The molecule has 0 amide bonds. The fraction of sp³-hybridized carbons (Fsp3) is 0.500. The van der Waals surface area contributed by atoms with Crippen molar-refractivity contribution in [1.82, 2.24) is 0 Å². The van der Waals surface area contributed by atoms with Crippen LogP contribution in [0.4, 0.5) is 0 Å². The number of rotatable bonds is 3. The van der Waals surface area contributed by atoms with Crippen molar-refractivity contribution in [2.24, 2.45) is 5.73 Å². The summed E-state index contributed by atoms with van der Waals surface area (Å²) in [5.41, 5.74) is 9.12. The predicted molar refractivity (Wildman–Crippen MR) is 64.8 cm³/mol. The van der Waals surface area contributed by atoms with Crippen molar-refractivity contribution in [1.29, 1.82) is 0 Å². The third-order valence-corrected chi connectivity index (χ3v) is 2.96. The van der Waals surface area contributed by atoms with Crippen LogP contribution in [-0.2, 0) is 6.42 Å². The van der Waals surface area contributed by atoms with Crippen molar-refractivity contribution in [2.75, 3.05) is 7.11 Å². The Bertz CT molecular complexity index is 361. The van der Waals surface area contributed by atoms with Crippen LogP contribution in [0.15, 0.2) is 6.07 Å². The van der Waals surface area contributed by atoms with Gasteiger partial charge in [0.2, 0.25) is 0 Å². The summed E-state index contributed by atoms with van der Waals surface area (Å²) in [6, 6.07) is 2.25. The third kappa shape index (κ3) is 2.64. The second-order valence-electron chi connectivity index (χ2n) is 4.01. The Balaban J connectivity index is 3.21. The summed E-state index contributed by atoms with van der Waals surface area (Å²) >= 11 is 6.22. The van der Waals surface area contributed by atoms with Gasteiger partial charge in [0.15, 0.2) is 0 Å². The average Bonchev–Trinajstić information content (AvgIpc) is 2.14. The first-order chi connectivity index (χ1) is 6.97. The molecule has 1 aromatic rings. The van der Waals surface area contributed by atoms with E-state index in [2.05, 4.69) is 6.07 Å². The van der Waals surface area contributed by atoms with Gasteiger partial charge in [-0.1, -0.05) is 17.7 Å². The fourth-order valence-electron chi connectivity index (χ4n) is 1.73. The zero-order chi connectivity index (χ0) is 11.6. The molecule has 0 aliphatic rings. The highest BCUT2D eigenvalue weighted by Gasteiger charge is 2.12. The molecule has 84 valence electrons. The van der Waals surface area contributed by atoms with Crippen LogP contribution >= 0.6 is 11.6 Å². The minimum atomic E-state index is 0.146. The van der Waals surface area contributed by atoms with Gasteiger partial charge in [-0.25, -0.2) is 0 Å². The van der Waals surface area contributed by atoms with E-state index < -0.39 is 0 Å². The second kappa shape index (κ2) is 4.86. The van der Waals surface area contributed by atoms with Crippen LogP contribution in [0, 0.1) is 13.8 Å². The van der Waals surface area contributed by atoms with Crippen LogP contribution in [0.25, 0.3) is 0 Å². The normalized spacial score (nSPS) is 12.7. The maximum Gasteiger partial charge on any atom is 0.140 e. The lowest BCUT2D eigenvalue weighted by Gasteiger charge is -2.15. The molecule has 2 N–H and O–H groups in total. The molecular formula is C12H18ClNO. The maximum atomic E-state index is 6.22. The molecule has 1 unspecified atom stereocenters. The lowest BCUT2D eigenvalue weighted by molar-refractivity contribution is 0.411. The van der Waals surface area contributed by atoms with Gasteiger partial charge in [0, 0.05) is 6.04 Å². The van der Waals surface area contributed by atoms with Crippen LogP contribution in [0.3, 0.4) is 0 Å². The predicted octanol–water partition coefficient (Wildman–Crippen LogP) is 2.86. The Labute approximate surface area is 96.4 Å². The molecule has 1 aromatic carbocycles. The highest BCUT2D eigenvalue weighted by molar-refractivity contribution is 6.33. The van der Waals surface area contributed by atoms with Gasteiger partial charge in [-0.3, -0.25) is 0 Å². The van der Waals surface area contributed by atoms with Crippen molar-refractivity contribution in [3.63, 3.8) is 0 Å². The standard InChI is InChI=1S/C12H18ClNO/c1-7-5-10(6-8(2)14)9(3)11(13)12(7)15-4/h5,8H,6,14H2,1-4H3. The Hall–Kier alpha value is -0.730. The Kier molecular flexibility index (Phi) is 4.00. The van der Waals surface area contributed by atoms with Gasteiger partial charge in [-0.2, -0.15) is 0 Å². The molecule has 1 rings (SSSR count). The molecule has 0 saturated heterocycles. The Morgan fingerprint density at radius 1 is 1.47 bits per heavy atom. The number of aryl methyl sites for hydroxylation is 1. The number of hydrogen-bond acceptors (Lipinski definition) is 2. The van der Waals surface area contributed by atoms with Crippen molar-refractivity contribution >= 4 is 11.6 Å². The largest absolute Gasteiger partial charge is 0.495 e. The van der Waals surface area contributed by atoms with Gasteiger partial charge in [0.1, 0.15) is 5.75 Å². The lowest BCUT2D eigenvalue weighted by atomic mass is 9.99. The van der Waals surface area contributed by atoms with Gasteiger partial charge in [-0.05, 0) is 43.9 Å². The molecule has 0 bridgehead atoms. The van der Waals surface area contributed by atoms with Crippen molar-refractivity contribution in [3.05, 3.63) is 27.8 Å². The number of benzene rings is 1. The quantitative estimate of drug-likeness (QED) is 0.862. The number of ether oxygens (including phenoxy) is 1. The molecule has 1 atom stereocenters. The van der Waals surface area contributed by atoms with Gasteiger partial charge < -0.3 is 10.5 Å². The Morgan fingerprint density at radius 3 is 2.53 bits per heavy atom. The van der Waals surface area contributed by atoms with Gasteiger partial charge >= 0.3 is 0 Å². The van der Waals surface area contributed by atoms with E-state index in [1.165, 1.54) is 5.56 Å². The summed E-state index contributed by atoms with van der Waals surface area (Å²) in [6.45, 7) is 5.99. The van der Waals surface area contributed by atoms with E-state index in [0.29, 0.717) is 5.02 Å². The number of hydrogen-bond donors (Lipinski definition) is 1. The first kappa shape index (κ1) is 12.3. The molecular weight excluding hydrogens is 210 g/mol. The fourth-order valence-corrected chi connectivity index (χ4v) is 2.08. The highest BCUT2D eigenvalue weighted by Crippen LogP contribution is 2.33. The third-order valence-electron chi connectivity index (χ3n) is 2.51. The SMILES string of the molecule is COc1c(C)cc(CC(C)N)c(C)c1Cl. The molecule has 0 aliphatic heterocycles. The number of methoxy groups -OCH3 is 1. The van der Waals surface area contributed by atoms with E-state index in [9.17, 15) is 0 Å². The molecule has 3 heteroatoms. The van der Waals surface area contributed by atoms with Crippen LogP contribution in [0.5, 0.6) is 5.75 Å². The lowest BCUT2D eigenvalue weighted by Crippen LogP contribution is -2.18. The van der Waals surface area contributed by atoms with Crippen LogP contribution in [0.1, 0.15) is 23.6 Å².